The normalized spacial score (nSPS) is 10.8. The predicted molar refractivity (Wildman–Crippen MR) is 84.7 cm³/mol. The minimum Gasteiger partial charge on any atom is -0.354 e. The molecule has 0 aromatic carbocycles. The highest BCUT2D eigenvalue weighted by atomic mass is 35.5. The van der Waals surface area contributed by atoms with Gasteiger partial charge in [0.1, 0.15) is 5.82 Å². The predicted octanol–water partition coefficient (Wildman–Crippen LogP) is 4.79. The van der Waals surface area contributed by atoms with E-state index in [0.717, 1.165) is 28.0 Å². The molecule has 0 saturated carbocycles. The van der Waals surface area contributed by atoms with Crippen molar-refractivity contribution in [3.05, 3.63) is 44.2 Å². The molecular formula is C14H16Cl2N2S. The molecule has 0 amide bonds. The number of rotatable bonds is 4. The Kier molecular flexibility index (Phi) is 4.71. The average Bonchev–Trinajstić information content (AvgIpc) is 2.73. The SMILES string of the molecule is Cc1cc(C)c(CCl)c(N(C)Cc2ccc(Cl)s2)n1. The molecule has 0 fully saturated rings. The van der Waals surface area contributed by atoms with Crippen LogP contribution in [0, 0.1) is 13.8 Å². The lowest BCUT2D eigenvalue weighted by Crippen LogP contribution is -2.19. The molecular weight excluding hydrogens is 299 g/mol. The Morgan fingerprint density at radius 2 is 2.05 bits per heavy atom. The summed E-state index contributed by atoms with van der Waals surface area (Å²) >= 11 is 13.6. The second kappa shape index (κ2) is 6.12. The number of hydrogen-bond acceptors (Lipinski definition) is 3. The number of halogens is 2. The van der Waals surface area contributed by atoms with Gasteiger partial charge in [0.25, 0.3) is 0 Å². The fourth-order valence-corrected chi connectivity index (χ4v) is 3.54. The van der Waals surface area contributed by atoms with Gasteiger partial charge in [-0.2, -0.15) is 0 Å². The summed E-state index contributed by atoms with van der Waals surface area (Å²) in [5, 5.41) is 0. The highest BCUT2D eigenvalue weighted by Crippen LogP contribution is 2.27. The van der Waals surface area contributed by atoms with Crippen LogP contribution in [0.1, 0.15) is 21.7 Å². The van der Waals surface area contributed by atoms with E-state index >= 15 is 0 Å². The summed E-state index contributed by atoms with van der Waals surface area (Å²) in [7, 11) is 2.03. The number of thiophene rings is 1. The van der Waals surface area contributed by atoms with Crippen LogP contribution in [0.2, 0.25) is 4.34 Å². The van der Waals surface area contributed by atoms with Crippen LogP contribution < -0.4 is 4.90 Å². The smallest absolute Gasteiger partial charge is 0.133 e. The highest BCUT2D eigenvalue weighted by Gasteiger charge is 2.13. The van der Waals surface area contributed by atoms with Crippen LogP contribution in [0.25, 0.3) is 0 Å². The summed E-state index contributed by atoms with van der Waals surface area (Å²) in [6, 6.07) is 6.04. The van der Waals surface area contributed by atoms with Gasteiger partial charge in [0.2, 0.25) is 0 Å². The molecule has 0 N–H and O–H groups in total. The summed E-state index contributed by atoms with van der Waals surface area (Å²) in [4.78, 5) is 7.96. The van der Waals surface area contributed by atoms with Gasteiger partial charge >= 0.3 is 0 Å². The summed E-state index contributed by atoms with van der Waals surface area (Å²) in [6.45, 7) is 4.87. The zero-order chi connectivity index (χ0) is 14.0. The lowest BCUT2D eigenvalue weighted by atomic mass is 10.1. The Balaban J connectivity index is 2.30. The minimum atomic E-state index is 0.476. The number of aryl methyl sites for hydroxylation is 2. The van der Waals surface area contributed by atoms with Gasteiger partial charge in [-0.25, -0.2) is 4.98 Å². The van der Waals surface area contributed by atoms with Gasteiger partial charge in [0.15, 0.2) is 0 Å². The number of aromatic nitrogens is 1. The highest BCUT2D eigenvalue weighted by molar-refractivity contribution is 7.16. The topological polar surface area (TPSA) is 16.1 Å². The molecule has 2 aromatic heterocycles. The zero-order valence-electron chi connectivity index (χ0n) is 11.2. The Bertz CT molecular complexity index is 581. The van der Waals surface area contributed by atoms with Crippen LogP contribution >= 0.6 is 34.5 Å². The van der Waals surface area contributed by atoms with Crippen LogP contribution in [-0.2, 0) is 12.4 Å². The summed E-state index contributed by atoms with van der Waals surface area (Å²) in [5.74, 6) is 1.43. The van der Waals surface area contributed by atoms with E-state index in [9.17, 15) is 0 Å². The van der Waals surface area contributed by atoms with Crippen molar-refractivity contribution >= 4 is 40.4 Å². The van der Waals surface area contributed by atoms with E-state index in [1.165, 1.54) is 10.4 Å². The molecule has 19 heavy (non-hydrogen) atoms. The third kappa shape index (κ3) is 3.41. The molecule has 102 valence electrons. The largest absolute Gasteiger partial charge is 0.354 e. The van der Waals surface area contributed by atoms with Gasteiger partial charge in [-0.1, -0.05) is 11.6 Å². The zero-order valence-corrected chi connectivity index (χ0v) is 13.5. The third-order valence-electron chi connectivity index (χ3n) is 2.97. The Morgan fingerprint density at radius 3 is 2.63 bits per heavy atom. The molecule has 2 aromatic rings. The third-order valence-corrected chi connectivity index (χ3v) is 4.45. The maximum Gasteiger partial charge on any atom is 0.133 e. The lowest BCUT2D eigenvalue weighted by Gasteiger charge is -2.21. The minimum absolute atomic E-state index is 0.476. The van der Waals surface area contributed by atoms with Gasteiger partial charge in [0, 0.05) is 23.2 Å². The molecule has 0 spiro atoms. The molecule has 0 aliphatic heterocycles. The van der Waals surface area contributed by atoms with Gasteiger partial charge in [0.05, 0.1) is 16.8 Å². The van der Waals surface area contributed by atoms with Crippen LogP contribution in [0.15, 0.2) is 18.2 Å². The first-order valence-electron chi connectivity index (χ1n) is 5.99. The Hall–Kier alpha value is -0.770. The number of alkyl halides is 1. The van der Waals surface area contributed by atoms with E-state index in [2.05, 4.69) is 22.9 Å². The van der Waals surface area contributed by atoms with Crippen molar-refractivity contribution in [2.24, 2.45) is 0 Å². The fraction of sp³-hybridized carbons (Fsp3) is 0.357. The quantitative estimate of drug-likeness (QED) is 0.754. The molecule has 0 radical (unpaired) electrons. The first-order chi connectivity index (χ1) is 9.01. The maximum atomic E-state index is 6.06. The van der Waals surface area contributed by atoms with Crippen LogP contribution in [-0.4, -0.2) is 12.0 Å². The van der Waals surface area contributed by atoms with Gasteiger partial charge < -0.3 is 4.90 Å². The van der Waals surface area contributed by atoms with Gasteiger partial charge in [-0.05, 0) is 37.6 Å². The standard InChI is InChI=1S/C14H16Cl2N2S/c1-9-6-10(2)17-14(12(9)7-15)18(3)8-11-4-5-13(16)19-11/h4-6H,7-8H2,1-3H3. The second-order valence-corrected chi connectivity index (χ2v) is 6.65. The van der Waals surface area contributed by atoms with Crippen molar-refractivity contribution in [2.75, 3.05) is 11.9 Å². The van der Waals surface area contributed by atoms with Crippen LogP contribution in [0.5, 0.6) is 0 Å². The summed E-state index contributed by atoms with van der Waals surface area (Å²) < 4.78 is 0.814. The van der Waals surface area contributed by atoms with Gasteiger partial charge in [-0.3, -0.25) is 0 Å². The Labute approximate surface area is 128 Å². The van der Waals surface area contributed by atoms with E-state index in [0.29, 0.717) is 5.88 Å². The second-order valence-electron chi connectivity index (χ2n) is 4.58. The van der Waals surface area contributed by atoms with Crippen LogP contribution in [0.4, 0.5) is 5.82 Å². The molecule has 5 heteroatoms. The van der Waals surface area contributed by atoms with Crippen molar-refractivity contribution < 1.29 is 0 Å². The molecule has 0 atom stereocenters. The summed E-state index contributed by atoms with van der Waals surface area (Å²) in [5.41, 5.74) is 3.29. The van der Waals surface area contributed by atoms with Crippen LogP contribution in [0.3, 0.4) is 0 Å². The molecule has 0 bridgehead atoms. The molecule has 2 heterocycles. The summed E-state index contributed by atoms with van der Waals surface area (Å²) in [6.07, 6.45) is 0. The molecule has 2 nitrogen and oxygen atoms in total. The lowest BCUT2D eigenvalue weighted by molar-refractivity contribution is 0.892. The molecule has 0 saturated heterocycles. The Morgan fingerprint density at radius 1 is 1.32 bits per heavy atom. The van der Waals surface area contributed by atoms with E-state index < -0.39 is 0 Å². The van der Waals surface area contributed by atoms with E-state index in [1.54, 1.807) is 11.3 Å². The van der Waals surface area contributed by atoms with Gasteiger partial charge in [-0.15, -0.1) is 22.9 Å². The molecule has 0 aliphatic carbocycles. The van der Waals surface area contributed by atoms with E-state index in [4.69, 9.17) is 23.2 Å². The van der Waals surface area contributed by atoms with Crippen molar-refractivity contribution in [2.45, 2.75) is 26.3 Å². The molecule has 0 aliphatic rings. The molecule has 0 unspecified atom stereocenters. The number of pyridine rings is 1. The maximum absolute atomic E-state index is 6.06. The monoisotopic (exact) mass is 314 g/mol. The van der Waals surface area contributed by atoms with Crippen molar-refractivity contribution in [1.29, 1.82) is 0 Å². The number of nitrogens with zero attached hydrogens (tertiary/aromatic N) is 2. The number of anilines is 1. The first kappa shape index (κ1) is 14.6. The number of hydrogen-bond donors (Lipinski definition) is 0. The van der Waals surface area contributed by atoms with E-state index in [-0.39, 0.29) is 0 Å². The van der Waals surface area contributed by atoms with Crippen molar-refractivity contribution in [3.8, 4) is 0 Å². The van der Waals surface area contributed by atoms with Crippen molar-refractivity contribution in [1.82, 2.24) is 4.98 Å². The average molecular weight is 315 g/mol. The van der Waals surface area contributed by atoms with Crippen molar-refractivity contribution in [3.63, 3.8) is 0 Å². The fourth-order valence-electron chi connectivity index (χ4n) is 2.07. The first-order valence-corrected chi connectivity index (χ1v) is 7.72. The van der Waals surface area contributed by atoms with E-state index in [1.807, 2.05) is 26.1 Å². The molecule has 2 rings (SSSR count).